The van der Waals surface area contributed by atoms with Crippen LogP contribution in [0, 0.1) is 20.8 Å². The molecule has 0 amide bonds. The van der Waals surface area contributed by atoms with Crippen LogP contribution in [-0.2, 0) is 15.1 Å². The van der Waals surface area contributed by atoms with Crippen molar-refractivity contribution in [3.05, 3.63) is 58.8 Å². The first-order chi connectivity index (χ1) is 10.9. The summed E-state index contributed by atoms with van der Waals surface area (Å²) in [4.78, 5) is 16.8. The minimum absolute atomic E-state index is 0.227. The Labute approximate surface area is 136 Å². The van der Waals surface area contributed by atoms with Gasteiger partial charge in [-0.3, -0.25) is 0 Å². The molecule has 23 heavy (non-hydrogen) atoms. The van der Waals surface area contributed by atoms with Crippen molar-refractivity contribution in [1.82, 2.24) is 4.98 Å². The lowest BCUT2D eigenvalue weighted by molar-refractivity contribution is -0.148. The van der Waals surface area contributed by atoms with E-state index in [0.29, 0.717) is 6.42 Å². The van der Waals surface area contributed by atoms with Crippen molar-refractivity contribution in [3.8, 4) is 0 Å². The lowest BCUT2D eigenvalue weighted by Crippen LogP contribution is -2.25. The van der Waals surface area contributed by atoms with Gasteiger partial charge in [-0.25, -0.2) is 9.78 Å². The number of nitrogens with zero attached hydrogens (tertiary/aromatic N) is 1. The molecule has 120 valence electrons. The van der Waals surface area contributed by atoms with E-state index >= 15 is 0 Å². The highest BCUT2D eigenvalue weighted by Crippen LogP contribution is 2.37. The van der Waals surface area contributed by atoms with Crippen molar-refractivity contribution in [2.24, 2.45) is 0 Å². The second kappa shape index (κ2) is 5.69. The molecule has 2 heterocycles. The summed E-state index contributed by atoms with van der Waals surface area (Å²) in [6.07, 6.45) is 0.587. The molecule has 0 aliphatic carbocycles. The molecule has 1 aliphatic rings. The van der Waals surface area contributed by atoms with E-state index in [1.807, 2.05) is 58.0 Å². The lowest BCUT2D eigenvalue weighted by atomic mass is 9.90. The summed E-state index contributed by atoms with van der Waals surface area (Å²) in [7, 11) is 0. The monoisotopic (exact) mass is 310 g/mol. The standard InChI is InChI=1S/C19H22N2O2/c1-12-6-5-7-15(9-12)19(4)11-16(18(22)23-19)21-17-10-13(2)8-14(3)20-17/h5-10,16H,11H2,1-4H3,(H,20,21). The predicted molar refractivity (Wildman–Crippen MR) is 90.4 cm³/mol. The van der Waals surface area contributed by atoms with Gasteiger partial charge in [0.25, 0.3) is 0 Å². The number of benzene rings is 1. The Morgan fingerprint density at radius 1 is 1.17 bits per heavy atom. The van der Waals surface area contributed by atoms with Crippen LogP contribution >= 0.6 is 0 Å². The van der Waals surface area contributed by atoms with Crippen LogP contribution in [-0.4, -0.2) is 17.0 Å². The SMILES string of the molecule is Cc1cccc(C2(C)CC(Nc3cc(C)cc(C)n3)C(=O)O2)c1. The summed E-state index contributed by atoms with van der Waals surface area (Å²) in [5, 5.41) is 3.23. The molecule has 1 aliphatic heterocycles. The first kappa shape index (κ1) is 15.5. The van der Waals surface area contributed by atoms with E-state index in [2.05, 4.69) is 16.4 Å². The largest absolute Gasteiger partial charge is 0.453 e. The molecule has 0 radical (unpaired) electrons. The Hall–Kier alpha value is -2.36. The second-order valence-electron chi connectivity index (χ2n) is 6.59. The minimum atomic E-state index is -0.598. The molecule has 1 saturated heterocycles. The molecular weight excluding hydrogens is 288 g/mol. The van der Waals surface area contributed by atoms with E-state index < -0.39 is 5.60 Å². The second-order valence-corrected chi connectivity index (χ2v) is 6.59. The fraction of sp³-hybridized carbons (Fsp3) is 0.368. The first-order valence-corrected chi connectivity index (χ1v) is 7.87. The molecule has 2 unspecified atom stereocenters. The number of nitrogens with one attached hydrogen (secondary N) is 1. The van der Waals surface area contributed by atoms with Crippen molar-refractivity contribution in [2.45, 2.75) is 45.8 Å². The van der Waals surface area contributed by atoms with E-state index in [9.17, 15) is 4.79 Å². The van der Waals surface area contributed by atoms with E-state index in [1.165, 1.54) is 0 Å². The number of hydrogen-bond acceptors (Lipinski definition) is 4. The van der Waals surface area contributed by atoms with Gasteiger partial charge < -0.3 is 10.1 Å². The molecule has 1 aromatic carbocycles. The molecule has 2 aromatic rings. The summed E-state index contributed by atoms with van der Waals surface area (Å²) < 4.78 is 5.71. The molecule has 4 nitrogen and oxygen atoms in total. The number of aryl methyl sites for hydroxylation is 3. The average Bonchev–Trinajstić information content (AvgIpc) is 2.73. The molecule has 4 heteroatoms. The summed E-state index contributed by atoms with van der Waals surface area (Å²) in [6, 6.07) is 11.7. The molecule has 1 N–H and O–H groups in total. The topological polar surface area (TPSA) is 51.2 Å². The number of pyridine rings is 1. The molecule has 0 spiro atoms. The van der Waals surface area contributed by atoms with E-state index in [4.69, 9.17) is 4.74 Å². The van der Waals surface area contributed by atoms with Crippen LogP contribution < -0.4 is 5.32 Å². The Morgan fingerprint density at radius 2 is 1.96 bits per heavy atom. The van der Waals surface area contributed by atoms with E-state index in [-0.39, 0.29) is 12.0 Å². The number of esters is 1. The van der Waals surface area contributed by atoms with Crippen molar-refractivity contribution >= 4 is 11.8 Å². The number of cyclic esters (lactones) is 1. The number of ether oxygens (including phenoxy) is 1. The lowest BCUT2D eigenvalue weighted by Gasteiger charge is -2.23. The number of anilines is 1. The Balaban J connectivity index is 1.82. The average molecular weight is 310 g/mol. The Morgan fingerprint density at radius 3 is 2.65 bits per heavy atom. The highest BCUT2D eigenvalue weighted by Gasteiger charge is 2.44. The zero-order valence-electron chi connectivity index (χ0n) is 14.0. The van der Waals surface area contributed by atoms with Crippen LogP contribution in [0.3, 0.4) is 0 Å². The van der Waals surface area contributed by atoms with Gasteiger partial charge in [0.1, 0.15) is 17.5 Å². The van der Waals surface area contributed by atoms with Crippen LogP contribution in [0.2, 0.25) is 0 Å². The van der Waals surface area contributed by atoms with Crippen molar-refractivity contribution in [1.29, 1.82) is 0 Å². The minimum Gasteiger partial charge on any atom is -0.453 e. The molecule has 2 atom stereocenters. The maximum absolute atomic E-state index is 12.3. The Bertz CT molecular complexity index is 737. The van der Waals surface area contributed by atoms with Crippen LogP contribution in [0.4, 0.5) is 5.82 Å². The van der Waals surface area contributed by atoms with Gasteiger partial charge in [-0.15, -0.1) is 0 Å². The quantitative estimate of drug-likeness (QED) is 0.879. The number of carbonyl (C=O) groups is 1. The van der Waals surface area contributed by atoms with Crippen LogP contribution in [0.15, 0.2) is 36.4 Å². The zero-order valence-corrected chi connectivity index (χ0v) is 14.0. The number of aromatic nitrogens is 1. The van der Waals surface area contributed by atoms with Gasteiger partial charge in [0.15, 0.2) is 0 Å². The maximum atomic E-state index is 12.3. The van der Waals surface area contributed by atoms with Gasteiger partial charge in [0, 0.05) is 12.1 Å². The van der Waals surface area contributed by atoms with Gasteiger partial charge in [-0.2, -0.15) is 0 Å². The maximum Gasteiger partial charge on any atom is 0.329 e. The first-order valence-electron chi connectivity index (χ1n) is 7.87. The van der Waals surface area contributed by atoms with Gasteiger partial charge >= 0.3 is 5.97 Å². The molecule has 3 rings (SSSR count). The van der Waals surface area contributed by atoms with Gasteiger partial charge in [0.05, 0.1) is 0 Å². The number of carbonyl (C=O) groups excluding carboxylic acids is 1. The number of rotatable bonds is 3. The molecule has 1 aromatic heterocycles. The van der Waals surface area contributed by atoms with Crippen molar-refractivity contribution < 1.29 is 9.53 Å². The fourth-order valence-electron chi connectivity index (χ4n) is 3.16. The van der Waals surface area contributed by atoms with Crippen LogP contribution in [0.1, 0.15) is 35.7 Å². The number of hydrogen-bond donors (Lipinski definition) is 1. The summed E-state index contributed by atoms with van der Waals surface area (Å²) in [5.41, 5.74) is 3.64. The highest BCUT2D eigenvalue weighted by atomic mass is 16.6. The molecule has 1 fully saturated rings. The van der Waals surface area contributed by atoms with Crippen LogP contribution in [0.5, 0.6) is 0 Å². The van der Waals surface area contributed by atoms with Gasteiger partial charge in [0.2, 0.25) is 0 Å². The smallest absolute Gasteiger partial charge is 0.329 e. The third-order valence-electron chi connectivity index (χ3n) is 4.25. The van der Waals surface area contributed by atoms with Crippen molar-refractivity contribution in [2.75, 3.05) is 5.32 Å². The zero-order chi connectivity index (χ0) is 16.6. The molecular formula is C19H22N2O2. The van der Waals surface area contributed by atoms with Crippen LogP contribution in [0.25, 0.3) is 0 Å². The summed E-state index contributed by atoms with van der Waals surface area (Å²) in [5.74, 6) is 0.493. The Kier molecular flexibility index (Phi) is 3.84. The van der Waals surface area contributed by atoms with Gasteiger partial charge in [-0.1, -0.05) is 29.8 Å². The van der Waals surface area contributed by atoms with Gasteiger partial charge in [-0.05, 0) is 51.0 Å². The third kappa shape index (κ3) is 3.21. The molecule has 0 saturated carbocycles. The predicted octanol–water partition coefficient (Wildman–Crippen LogP) is 3.65. The van der Waals surface area contributed by atoms with Crippen molar-refractivity contribution in [3.63, 3.8) is 0 Å². The van der Waals surface area contributed by atoms with E-state index in [0.717, 1.165) is 28.2 Å². The third-order valence-corrected chi connectivity index (χ3v) is 4.25. The highest BCUT2D eigenvalue weighted by molar-refractivity contribution is 5.82. The fourth-order valence-corrected chi connectivity index (χ4v) is 3.16. The summed E-state index contributed by atoms with van der Waals surface area (Å²) in [6.45, 7) is 7.97. The molecule has 0 bridgehead atoms. The van der Waals surface area contributed by atoms with E-state index in [1.54, 1.807) is 0 Å². The summed E-state index contributed by atoms with van der Waals surface area (Å²) >= 11 is 0. The normalized spacial score (nSPS) is 23.7.